The van der Waals surface area contributed by atoms with Crippen LogP contribution in [0, 0.1) is 0 Å². The van der Waals surface area contributed by atoms with Gasteiger partial charge in [0.25, 0.3) is 0 Å². The van der Waals surface area contributed by atoms with Crippen LogP contribution in [0.15, 0.2) is 10.5 Å². The molecule has 0 aliphatic carbocycles. The Kier molecular flexibility index (Phi) is 3.30. The minimum absolute atomic E-state index is 0.669. The van der Waals surface area contributed by atoms with Gasteiger partial charge in [-0.1, -0.05) is 11.6 Å². The van der Waals surface area contributed by atoms with Crippen molar-refractivity contribution in [3.8, 4) is 0 Å². The minimum Gasteiger partial charge on any atom is -0.316 e. The Morgan fingerprint density at radius 1 is 1.62 bits per heavy atom. The molecule has 2 rings (SSSR count). The molecule has 0 amide bonds. The molecule has 2 heterocycles. The summed E-state index contributed by atoms with van der Waals surface area (Å²) in [6.07, 6.45) is 2.56. The van der Waals surface area contributed by atoms with E-state index in [1.54, 1.807) is 11.3 Å². The normalized spacial score (nSPS) is 23.4. The van der Waals surface area contributed by atoms with Gasteiger partial charge in [0.15, 0.2) is 0 Å². The van der Waals surface area contributed by atoms with E-state index in [0.717, 1.165) is 21.9 Å². The zero-order valence-corrected chi connectivity index (χ0v) is 10.3. The molecule has 0 aromatic carbocycles. The molecule has 0 saturated carbocycles. The van der Waals surface area contributed by atoms with E-state index in [4.69, 9.17) is 11.6 Å². The third-order valence-electron chi connectivity index (χ3n) is 2.36. The molecule has 13 heavy (non-hydrogen) atoms. The largest absolute Gasteiger partial charge is 0.316 e. The van der Waals surface area contributed by atoms with Crippen molar-refractivity contribution in [2.24, 2.45) is 0 Å². The molecule has 0 bridgehead atoms. The fourth-order valence-electron chi connectivity index (χ4n) is 1.66. The molecule has 4 heteroatoms. The fraction of sp³-hybridized carbons (Fsp3) is 0.556. The molecule has 1 saturated heterocycles. The maximum absolute atomic E-state index is 6.00. The van der Waals surface area contributed by atoms with E-state index in [1.165, 1.54) is 17.7 Å². The Bertz CT molecular complexity index is 274. The second kappa shape index (κ2) is 4.30. The highest BCUT2D eigenvalue weighted by atomic mass is 79.9. The Hall–Kier alpha value is 0.430. The van der Waals surface area contributed by atoms with Crippen LogP contribution in [-0.4, -0.2) is 13.1 Å². The Balaban J connectivity index is 2.14. The van der Waals surface area contributed by atoms with Gasteiger partial charge in [0.2, 0.25) is 0 Å². The molecule has 1 N–H and O–H groups in total. The molecule has 1 aromatic heterocycles. The lowest BCUT2D eigenvalue weighted by molar-refractivity contribution is 0.466. The summed E-state index contributed by atoms with van der Waals surface area (Å²) in [5.74, 6) is 0.669. The summed E-state index contributed by atoms with van der Waals surface area (Å²) in [7, 11) is 0. The smallest absolute Gasteiger partial charge is 0.107 e. The van der Waals surface area contributed by atoms with Gasteiger partial charge in [-0.05, 0) is 41.4 Å². The van der Waals surface area contributed by atoms with Gasteiger partial charge in [0.05, 0.1) is 0 Å². The monoisotopic (exact) mass is 279 g/mol. The van der Waals surface area contributed by atoms with Crippen molar-refractivity contribution in [3.05, 3.63) is 19.8 Å². The van der Waals surface area contributed by atoms with Gasteiger partial charge in [-0.2, -0.15) is 0 Å². The minimum atomic E-state index is 0.669. The van der Waals surface area contributed by atoms with Crippen molar-refractivity contribution in [1.82, 2.24) is 5.32 Å². The molecule has 1 fully saturated rings. The van der Waals surface area contributed by atoms with Gasteiger partial charge in [-0.3, -0.25) is 0 Å². The topological polar surface area (TPSA) is 12.0 Å². The molecule has 1 aliphatic heterocycles. The van der Waals surface area contributed by atoms with Crippen molar-refractivity contribution in [2.75, 3.05) is 13.1 Å². The van der Waals surface area contributed by atoms with Crippen molar-refractivity contribution in [3.63, 3.8) is 0 Å². The van der Waals surface area contributed by atoms with Gasteiger partial charge < -0.3 is 5.32 Å². The average Bonchev–Trinajstić information content (AvgIpc) is 2.49. The summed E-state index contributed by atoms with van der Waals surface area (Å²) < 4.78 is 1.92. The Morgan fingerprint density at radius 3 is 3.00 bits per heavy atom. The highest BCUT2D eigenvalue weighted by Crippen LogP contribution is 2.37. The molecular formula is C9H11BrClNS. The number of thiophene rings is 1. The summed E-state index contributed by atoms with van der Waals surface area (Å²) in [6.45, 7) is 2.26. The van der Waals surface area contributed by atoms with Gasteiger partial charge >= 0.3 is 0 Å². The Labute approximate surface area is 95.6 Å². The summed E-state index contributed by atoms with van der Waals surface area (Å²) >= 11 is 11.1. The lowest BCUT2D eigenvalue weighted by Gasteiger charge is -2.21. The van der Waals surface area contributed by atoms with E-state index in [-0.39, 0.29) is 0 Å². The van der Waals surface area contributed by atoms with Gasteiger partial charge in [-0.25, -0.2) is 0 Å². The van der Waals surface area contributed by atoms with Gasteiger partial charge in [0.1, 0.15) is 4.34 Å². The lowest BCUT2D eigenvalue weighted by Crippen LogP contribution is -2.27. The number of hydrogen-bond donors (Lipinski definition) is 1. The van der Waals surface area contributed by atoms with E-state index in [9.17, 15) is 0 Å². The van der Waals surface area contributed by atoms with Crippen LogP contribution >= 0.6 is 38.9 Å². The first-order valence-corrected chi connectivity index (χ1v) is 6.41. The molecule has 1 nitrogen and oxygen atoms in total. The predicted molar refractivity (Wildman–Crippen MR) is 61.9 cm³/mol. The maximum atomic E-state index is 6.00. The van der Waals surface area contributed by atoms with Crippen LogP contribution in [0.25, 0.3) is 0 Å². The van der Waals surface area contributed by atoms with Crippen molar-refractivity contribution in [1.29, 1.82) is 0 Å². The molecule has 1 aliphatic rings. The molecular weight excluding hydrogens is 270 g/mol. The average molecular weight is 281 g/mol. The Morgan fingerprint density at radius 2 is 2.46 bits per heavy atom. The van der Waals surface area contributed by atoms with Crippen LogP contribution in [0.2, 0.25) is 4.34 Å². The first-order valence-electron chi connectivity index (χ1n) is 4.43. The van der Waals surface area contributed by atoms with E-state index in [0.29, 0.717) is 5.92 Å². The molecule has 72 valence electrons. The fourth-order valence-corrected chi connectivity index (χ4v) is 3.53. The predicted octanol–water partition coefficient (Wildman–Crippen LogP) is 3.63. The molecule has 1 atom stereocenters. The van der Waals surface area contributed by atoms with Crippen LogP contribution in [0.3, 0.4) is 0 Å². The number of hydrogen-bond acceptors (Lipinski definition) is 2. The highest BCUT2D eigenvalue weighted by Gasteiger charge is 2.18. The maximum Gasteiger partial charge on any atom is 0.107 e. The summed E-state index contributed by atoms with van der Waals surface area (Å²) in [4.78, 5) is 1.41. The third kappa shape index (κ3) is 2.27. The summed E-state index contributed by atoms with van der Waals surface area (Å²) in [6, 6.07) is 2.16. The number of nitrogens with one attached hydrogen (secondary N) is 1. The zero-order chi connectivity index (χ0) is 9.26. The summed E-state index contributed by atoms with van der Waals surface area (Å²) in [5.41, 5.74) is 0. The standard InChI is InChI=1S/C9H11BrClNS/c10-7-4-8(13-9(7)11)6-2-1-3-12-5-6/h4,6,12H,1-3,5H2. The van der Waals surface area contributed by atoms with Crippen LogP contribution < -0.4 is 5.32 Å². The van der Waals surface area contributed by atoms with Crippen LogP contribution in [-0.2, 0) is 0 Å². The zero-order valence-electron chi connectivity index (χ0n) is 7.15. The molecule has 1 aromatic rings. The highest BCUT2D eigenvalue weighted by molar-refractivity contribution is 9.10. The molecule has 1 unspecified atom stereocenters. The quantitative estimate of drug-likeness (QED) is 0.828. The number of piperidine rings is 1. The van der Waals surface area contributed by atoms with E-state index >= 15 is 0 Å². The molecule has 0 radical (unpaired) electrons. The van der Waals surface area contributed by atoms with Crippen molar-refractivity contribution in [2.45, 2.75) is 18.8 Å². The van der Waals surface area contributed by atoms with Crippen LogP contribution in [0.5, 0.6) is 0 Å². The lowest BCUT2D eigenvalue weighted by atomic mass is 9.98. The SMILES string of the molecule is Clc1sc(C2CCCNC2)cc1Br. The van der Waals surface area contributed by atoms with E-state index in [2.05, 4.69) is 27.3 Å². The van der Waals surface area contributed by atoms with Crippen LogP contribution in [0.1, 0.15) is 23.6 Å². The van der Waals surface area contributed by atoms with Crippen molar-refractivity contribution >= 4 is 38.9 Å². The number of halogens is 2. The second-order valence-electron chi connectivity index (χ2n) is 3.31. The third-order valence-corrected chi connectivity index (χ3v) is 5.00. The van der Waals surface area contributed by atoms with Gasteiger partial charge in [-0.15, -0.1) is 11.3 Å². The second-order valence-corrected chi connectivity index (χ2v) is 5.85. The first kappa shape index (κ1) is 9.97. The van der Waals surface area contributed by atoms with E-state index < -0.39 is 0 Å². The first-order chi connectivity index (χ1) is 6.27. The van der Waals surface area contributed by atoms with Crippen LogP contribution in [0.4, 0.5) is 0 Å². The summed E-state index contributed by atoms with van der Waals surface area (Å²) in [5, 5.41) is 3.41. The number of rotatable bonds is 1. The van der Waals surface area contributed by atoms with Crippen molar-refractivity contribution < 1.29 is 0 Å². The van der Waals surface area contributed by atoms with E-state index in [1.807, 2.05) is 0 Å². The molecule has 0 spiro atoms. The van der Waals surface area contributed by atoms with Gasteiger partial charge in [0, 0.05) is 21.8 Å².